The third-order valence-corrected chi connectivity index (χ3v) is 3.79. The second-order valence-corrected chi connectivity index (χ2v) is 5.68. The number of nitrogens with two attached hydrogens (primary N) is 1. The molecular weight excluding hydrogens is 268 g/mol. The zero-order chi connectivity index (χ0) is 13.1. The van der Waals surface area contributed by atoms with Crippen LogP contribution in [0.2, 0.25) is 4.34 Å². The molecule has 18 heavy (non-hydrogen) atoms. The summed E-state index contributed by atoms with van der Waals surface area (Å²) in [6, 6.07) is 10.8. The van der Waals surface area contributed by atoms with Crippen LogP contribution in [0.5, 0.6) is 0 Å². The van der Waals surface area contributed by atoms with Crippen LogP contribution >= 0.6 is 22.9 Å². The van der Waals surface area contributed by atoms with Crippen LogP contribution in [0.3, 0.4) is 0 Å². The SMILES string of the molecule is CC(NC(=O)c1ccc(Cl)s1)c1cccc(N)c1. The van der Waals surface area contributed by atoms with Crippen LogP contribution < -0.4 is 11.1 Å². The Labute approximate surface area is 115 Å². The van der Waals surface area contributed by atoms with Crippen molar-refractivity contribution in [3.8, 4) is 0 Å². The molecule has 2 aromatic rings. The molecule has 5 heteroatoms. The van der Waals surface area contributed by atoms with Gasteiger partial charge in [0, 0.05) is 5.69 Å². The monoisotopic (exact) mass is 280 g/mol. The Bertz CT molecular complexity index is 568. The van der Waals surface area contributed by atoms with Gasteiger partial charge in [-0.3, -0.25) is 4.79 Å². The van der Waals surface area contributed by atoms with Crippen LogP contribution in [0.4, 0.5) is 5.69 Å². The Kier molecular flexibility index (Phi) is 3.89. The van der Waals surface area contributed by atoms with Gasteiger partial charge in [-0.05, 0) is 36.8 Å². The lowest BCUT2D eigenvalue weighted by Crippen LogP contribution is -2.25. The molecule has 0 saturated heterocycles. The third-order valence-electron chi connectivity index (χ3n) is 2.56. The number of halogens is 1. The minimum Gasteiger partial charge on any atom is -0.399 e. The van der Waals surface area contributed by atoms with E-state index in [1.54, 1.807) is 12.1 Å². The van der Waals surface area contributed by atoms with E-state index in [9.17, 15) is 4.79 Å². The standard InChI is InChI=1S/C13H13ClN2OS/c1-8(9-3-2-4-10(15)7-9)16-13(17)11-5-6-12(14)18-11/h2-8H,15H2,1H3,(H,16,17). The maximum Gasteiger partial charge on any atom is 0.261 e. The molecule has 1 aromatic carbocycles. The van der Waals surface area contributed by atoms with E-state index in [0.717, 1.165) is 5.56 Å². The van der Waals surface area contributed by atoms with Crippen LogP contribution in [0.15, 0.2) is 36.4 Å². The van der Waals surface area contributed by atoms with Crippen molar-refractivity contribution in [1.82, 2.24) is 5.32 Å². The molecule has 0 radical (unpaired) electrons. The number of benzene rings is 1. The average molecular weight is 281 g/mol. The zero-order valence-electron chi connectivity index (χ0n) is 9.81. The number of thiophene rings is 1. The number of hydrogen-bond acceptors (Lipinski definition) is 3. The number of carbonyl (C=O) groups is 1. The summed E-state index contributed by atoms with van der Waals surface area (Å²) < 4.78 is 0.608. The lowest BCUT2D eigenvalue weighted by molar-refractivity contribution is 0.0944. The number of anilines is 1. The smallest absolute Gasteiger partial charge is 0.261 e. The maximum absolute atomic E-state index is 11.9. The Morgan fingerprint density at radius 2 is 2.17 bits per heavy atom. The summed E-state index contributed by atoms with van der Waals surface area (Å²) in [5.41, 5.74) is 7.38. The summed E-state index contributed by atoms with van der Waals surface area (Å²) in [4.78, 5) is 12.5. The van der Waals surface area contributed by atoms with E-state index in [2.05, 4.69) is 5.32 Å². The molecule has 2 rings (SSSR count). The Morgan fingerprint density at radius 1 is 1.39 bits per heavy atom. The molecule has 0 spiro atoms. The molecule has 0 aliphatic rings. The number of nitrogen functional groups attached to an aromatic ring is 1. The van der Waals surface area contributed by atoms with Gasteiger partial charge in [0.15, 0.2) is 0 Å². The van der Waals surface area contributed by atoms with E-state index in [4.69, 9.17) is 17.3 Å². The predicted octanol–water partition coefficient (Wildman–Crippen LogP) is 3.47. The first kappa shape index (κ1) is 12.9. The number of hydrogen-bond donors (Lipinski definition) is 2. The first-order chi connectivity index (χ1) is 8.56. The largest absolute Gasteiger partial charge is 0.399 e. The number of rotatable bonds is 3. The van der Waals surface area contributed by atoms with Crippen molar-refractivity contribution < 1.29 is 4.79 Å². The highest BCUT2D eigenvalue weighted by Crippen LogP contribution is 2.22. The lowest BCUT2D eigenvalue weighted by atomic mass is 10.1. The predicted molar refractivity (Wildman–Crippen MR) is 76.1 cm³/mol. The Balaban J connectivity index is 2.07. The first-order valence-corrected chi connectivity index (χ1v) is 6.67. The molecule has 1 unspecified atom stereocenters. The fourth-order valence-electron chi connectivity index (χ4n) is 1.62. The second-order valence-electron chi connectivity index (χ2n) is 3.97. The minimum absolute atomic E-state index is 0.0955. The summed E-state index contributed by atoms with van der Waals surface area (Å²) in [5, 5.41) is 2.91. The number of amides is 1. The van der Waals surface area contributed by atoms with Crippen molar-refractivity contribution in [2.45, 2.75) is 13.0 Å². The van der Waals surface area contributed by atoms with E-state index in [0.29, 0.717) is 14.9 Å². The normalized spacial score (nSPS) is 12.1. The van der Waals surface area contributed by atoms with Gasteiger partial charge in [0.1, 0.15) is 0 Å². The second kappa shape index (κ2) is 5.42. The van der Waals surface area contributed by atoms with Gasteiger partial charge in [-0.25, -0.2) is 0 Å². The highest BCUT2D eigenvalue weighted by molar-refractivity contribution is 7.17. The molecule has 1 amide bonds. The highest BCUT2D eigenvalue weighted by Gasteiger charge is 2.13. The van der Waals surface area contributed by atoms with E-state index in [-0.39, 0.29) is 11.9 Å². The van der Waals surface area contributed by atoms with Crippen molar-refractivity contribution in [1.29, 1.82) is 0 Å². The van der Waals surface area contributed by atoms with Crippen LogP contribution in [-0.4, -0.2) is 5.91 Å². The molecule has 1 heterocycles. The van der Waals surface area contributed by atoms with Crippen molar-refractivity contribution in [3.63, 3.8) is 0 Å². The van der Waals surface area contributed by atoms with Crippen molar-refractivity contribution in [3.05, 3.63) is 51.2 Å². The molecule has 0 fully saturated rings. The molecule has 1 atom stereocenters. The number of nitrogens with one attached hydrogen (secondary N) is 1. The van der Waals surface area contributed by atoms with Crippen molar-refractivity contribution >= 4 is 34.5 Å². The fraction of sp³-hybridized carbons (Fsp3) is 0.154. The summed E-state index contributed by atoms with van der Waals surface area (Å²) in [5.74, 6) is -0.123. The molecule has 1 aromatic heterocycles. The fourth-order valence-corrected chi connectivity index (χ4v) is 2.56. The Morgan fingerprint density at radius 3 is 2.78 bits per heavy atom. The Hall–Kier alpha value is -1.52. The van der Waals surface area contributed by atoms with Crippen LogP contribution in [0, 0.1) is 0 Å². The molecule has 3 nitrogen and oxygen atoms in total. The van der Waals surface area contributed by atoms with Gasteiger partial charge in [0.2, 0.25) is 0 Å². The van der Waals surface area contributed by atoms with Crippen LogP contribution in [0.25, 0.3) is 0 Å². The van der Waals surface area contributed by atoms with Crippen molar-refractivity contribution in [2.75, 3.05) is 5.73 Å². The van der Waals surface area contributed by atoms with E-state index >= 15 is 0 Å². The van der Waals surface area contributed by atoms with Gasteiger partial charge < -0.3 is 11.1 Å². The van der Waals surface area contributed by atoms with Gasteiger partial charge in [0.25, 0.3) is 5.91 Å². The molecule has 0 aliphatic heterocycles. The first-order valence-electron chi connectivity index (χ1n) is 5.48. The van der Waals surface area contributed by atoms with Gasteiger partial charge in [-0.1, -0.05) is 23.7 Å². The molecule has 94 valence electrons. The molecule has 0 aliphatic carbocycles. The van der Waals surface area contributed by atoms with Crippen LogP contribution in [0.1, 0.15) is 28.2 Å². The van der Waals surface area contributed by atoms with Crippen LogP contribution in [-0.2, 0) is 0 Å². The van der Waals surface area contributed by atoms with E-state index in [1.165, 1.54) is 11.3 Å². The summed E-state index contributed by atoms with van der Waals surface area (Å²) >= 11 is 7.07. The third kappa shape index (κ3) is 3.03. The van der Waals surface area contributed by atoms with Gasteiger partial charge in [0.05, 0.1) is 15.3 Å². The quantitative estimate of drug-likeness (QED) is 0.846. The molecular formula is C13H13ClN2OS. The molecule has 3 N–H and O–H groups in total. The van der Waals surface area contributed by atoms with E-state index in [1.807, 2.05) is 31.2 Å². The molecule has 0 saturated carbocycles. The zero-order valence-corrected chi connectivity index (χ0v) is 11.4. The molecule has 0 bridgehead atoms. The summed E-state index contributed by atoms with van der Waals surface area (Å²) in [6.45, 7) is 1.92. The minimum atomic E-state index is -0.123. The average Bonchev–Trinajstić information content (AvgIpc) is 2.76. The highest BCUT2D eigenvalue weighted by atomic mass is 35.5. The van der Waals surface area contributed by atoms with Crippen molar-refractivity contribution in [2.24, 2.45) is 0 Å². The van der Waals surface area contributed by atoms with Gasteiger partial charge in [-0.15, -0.1) is 11.3 Å². The maximum atomic E-state index is 11.9. The topological polar surface area (TPSA) is 55.1 Å². The summed E-state index contributed by atoms with van der Waals surface area (Å²) in [6.07, 6.45) is 0. The number of carbonyl (C=O) groups excluding carboxylic acids is 1. The van der Waals surface area contributed by atoms with E-state index < -0.39 is 0 Å². The lowest BCUT2D eigenvalue weighted by Gasteiger charge is -2.14. The van der Waals surface area contributed by atoms with Gasteiger partial charge in [-0.2, -0.15) is 0 Å². The van der Waals surface area contributed by atoms with Gasteiger partial charge >= 0.3 is 0 Å². The summed E-state index contributed by atoms with van der Waals surface area (Å²) in [7, 11) is 0.